The van der Waals surface area contributed by atoms with E-state index in [4.69, 9.17) is 8.37 Å². The molecule has 182 valence electrons. The predicted octanol–water partition coefficient (Wildman–Crippen LogP) is 6.11. The first kappa shape index (κ1) is 25.0. The highest BCUT2D eigenvalue weighted by Crippen LogP contribution is 2.24. The molecule has 0 unspecified atom stereocenters. The molecule has 0 amide bonds. The van der Waals surface area contributed by atoms with Gasteiger partial charge in [0.1, 0.15) is 22.3 Å². The minimum Gasteiger partial charge on any atom is -0.387 e. The van der Waals surface area contributed by atoms with Crippen LogP contribution in [0.2, 0.25) is 0 Å². The fourth-order valence-electron chi connectivity index (χ4n) is 3.23. The molecule has 6 nitrogen and oxygen atoms in total. The van der Waals surface area contributed by atoms with Gasteiger partial charge in [-0.15, -0.1) is 0 Å². The van der Waals surface area contributed by atoms with Crippen LogP contribution in [0, 0.1) is 0 Å². The molecule has 0 saturated carbocycles. The van der Waals surface area contributed by atoms with Crippen LogP contribution in [0.3, 0.4) is 0 Å². The van der Waals surface area contributed by atoms with Crippen LogP contribution in [0.1, 0.15) is 11.1 Å². The van der Waals surface area contributed by atoms with Crippen molar-refractivity contribution in [1.82, 2.24) is 0 Å². The molecule has 0 radical (unpaired) electrons. The summed E-state index contributed by atoms with van der Waals surface area (Å²) in [5, 5.41) is 0. The van der Waals surface area contributed by atoms with Crippen LogP contribution in [0.5, 0.6) is 0 Å². The van der Waals surface area contributed by atoms with Crippen LogP contribution in [-0.4, -0.2) is 16.8 Å². The number of rotatable bonds is 9. The maximum Gasteiger partial charge on any atom is 0.338 e. The van der Waals surface area contributed by atoms with Crippen molar-refractivity contribution in [3.8, 4) is 11.1 Å². The third-order valence-electron chi connectivity index (χ3n) is 5.10. The fourth-order valence-corrected chi connectivity index (χ4v) is 4.79. The molecule has 0 heterocycles. The molecule has 0 aliphatic rings. The van der Waals surface area contributed by atoms with E-state index < -0.39 is 20.2 Å². The van der Waals surface area contributed by atoms with Gasteiger partial charge in [-0.05, 0) is 58.7 Å². The van der Waals surface area contributed by atoms with Gasteiger partial charge < -0.3 is 8.37 Å². The summed E-state index contributed by atoms with van der Waals surface area (Å²) in [6.07, 6.45) is 5.38. The lowest BCUT2D eigenvalue weighted by atomic mass is 10.1. The van der Waals surface area contributed by atoms with Crippen molar-refractivity contribution in [2.24, 2.45) is 0 Å². The van der Waals surface area contributed by atoms with Crippen molar-refractivity contribution in [1.29, 1.82) is 0 Å². The normalized spacial score (nSPS) is 12.1. The second-order valence-electron chi connectivity index (χ2n) is 7.58. The van der Waals surface area contributed by atoms with Crippen LogP contribution in [0.25, 0.3) is 23.3 Å². The average molecular weight is 519 g/mol. The summed E-state index contributed by atoms with van der Waals surface area (Å²) in [5.41, 5.74) is 3.04. The standard InChI is InChI=1S/C28H22O6S2/c29-35(30,33-21-19-23-7-3-1-4-8-23)27-15-11-25(12-16-27)26-13-17-28(18-14-26)36(31,32)34-22-20-24-9-5-2-6-10-24/h1-22H. The molecule has 0 aliphatic carbocycles. The third-order valence-corrected chi connectivity index (χ3v) is 7.53. The van der Waals surface area contributed by atoms with Crippen LogP contribution < -0.4 is 0 Å². The minimum absolute atomic E-state index is 0.00163. The van der Waals surface area contributed by atoms with E-state index in [1.54, 1.807) is 36.4 Å². The lowest BCUT2D eigenvalue weighted by Gasteiger charge is -2.07. The molecule has 0 fully saturated rings. The lowest BCUT2D eigenvalue weighted by Crippen LogP contribution is -2.02. The minimum atomic E-state index is -3.97. The summed E-state index contributed by atoms with van der Waals surface area (Å²) < 4.78 is 59.7. The second kappa shape index (κ2) is 11.1. The number of benzene rings is 4. The molecule has 0 saturated heterocycles. The maximum absolute atomic E-state index is 12.4. The summed E-state index contributed by atoms with van der Waals surface area (Å²) in [6.45, 7) is 0. The molecule has 4 aromatic rings. The molecule has 0 bridgehead atoms. The Morgan fingerprint density at radius 2 is 0.778 bits per heavy atom. The number of hydrogen-bond acceptors (Lipinski definition) is 6. The van der Waals surface area contributed by atoms with E-state index >= 15 is 0 Å². The molecule has 36 heavy (non-hydrogen) atoms. The van der Waals surface area contributed by atoms with Gasteiger partial charge in [0, 0.05) is 0 Å². The molecule has 0 aliphatic heterocycles. The van der Waals surface area contributed by atoms with Crippen molar-refractivity contribution in [2.45, 2.75) is 9.79 Å². The first-order valence-corrected chi connectivity index (χ1v) is 13.7. The third kappa shape index (κ3) is 6.50. The van der Waals surface area contributed by atoms with E-state index in [9.17, 15) is 16.8 Å². The first-order chi connectivity index (χ1) is 17.3. The smallest absolute Gasteiger partial charge is 0.338 e. The average Bonchev–Trinajstić information content (AvgIpc) is 2.90. The Morgan fingerprint density at radius 1 is 0.444 bits per heavy atom. The van der Waals surface area contributed by atoms with E-state index in [1.165, 1.54) is 24.3 Å². The summed E-state index contributed by atoms with van der Waals surface area (Å²) >= 11 is 0. The van der Waals surface area contributed by atoms with Crippen molar-refractivity contribution in [2.75, 3.05) is 0 Å². The molecule has 4 aromatic carbocycles. The Bertz CT molecular complexity index is 1430. The fraction of sp³-hybridized carbons (Fsp3) is 0. The van der Waals surface area contributed by atoms with Crippen LogP contribution in [0.15, 0.2) is 132 Å². The van der Waals surface area contributed by atoms with Gasteiger partial charge in [-0.25, -0.2) is 0 Å². The number of hydrogen-bond donors (Lipinski definition) is 0. The van der Waals surface area contributed by atoms with E-state index in [0.29, 0.717) is 11.1 Å². The Morgan fingerprint density at radius 3 is 1.11 bits per heavy atom. The van der Waals surface area contributed by atoms with Crippen molar-refractivity contribution in [3.63, 3.8) is 0 Å². The van der Waals surface area contributed by atoms with Gasteiger partial charge in [-0.3, -0.25) is 0 Å². The summed E-state index contributed by atoms with van der Waals surface area (Å²) in [5.74, 6) is 0. The first-order valence-electron chi connectivity index (χ1n) is 10.8. The van der Waals surface area contributed by atoms with Gasteiger partial charge in [-0.1, -0.05) is 84.9 Å². The second-order valence-corrected chi connectivity index (χ2v) is 10.7. The maximum atomic E-state index is 12.4. The van der Waals surface area contributed by atoms with Gasteiger partial charge in [0.15, 0.2) is 0 Å². The van der Waals surface area contributed by atoms with E-state index in [0.717, 1.165) is 23.7 Å². The Labute approximate surface area is 211 Å². The predicted molar refractivity (Wildman–Crippen MR) is 139 cm³/mol. The van der Waals surface area contributed by atoms with Gasteiger partial charge in [0.2, 0.25) is 0 Å². The van der Waals surface area contributed by atoms with E-state index in [2.05, 4.69) is 0 Å². The summed E-state index contributed by atoms with van der Waals surface area (Å²) in [4.78, 5) is 0.00326. The molecule has 4 rings (SSSR count). The largest absolute Gasteiger partial charge is 0.387 e. The highest BCUT2D eigenvalue weighted by Gasteiger charge is 2.16. The zero-order valence-corrected chi connectivity index (χ0v) is 20.6. The Kier molecular flexibility index (Phi) is 7.68. The summed E-state index contributed by atoms with van der Waals surface area (Å²) in [6, 6.07) is 30.6. The molecule has 8 heteroatoms. The highest BCUT2D eigenvalue weighted by molar-refractivity contribution is 7.87. The van der Waals surface area contributed by atoms with Gasteiger partial charge >= 0.3 is 20.2 Å². The Hall–Kier alpha value is -4.14. The van der Waals surface area contributed by atoms with Crippen molar-refractivity contribution in [3.05, 3.63) is 133 Å². The van der Waals surface area contributed by atoms with Gasteiger partial charge in [0.25, 0.3) is 0 Å². The van der Waals surface area contributed by atoms with Gasteiger partial charge in [0.05, 0.1) is 0 Å². The Balaban J connectivity index is 1.41. The molecule has 0 aromatic heterocycles. The SMILES string of the molecule is O=S(=O)(OC=Cc1ccccc1)c1ccc(-c2ccc(S(=O)(=O)OC=Cc3ccccc3)cc2)cc1. The van der Waals surface area contributed by atoms with Gasteiger partial charge in [-0.2, -0.15) is 16.8 Å². The molecule has 0 N–H and O–H groups in total. The molecular weight excluding hydrogens is 496 g/mol. The summed E-state index contributed by atoms with van der Waals surface area (Å²) in [7, 11) is -7.95. The van der Waals surface area contributed by atoms with Crippen LogP contribution in [0.4, 0.5) is 0 Å². The van der Waals surface area contributed by atoms with Crippen molar-refractivity contribution >= 4 is 32.4 Å². The quantitative estimate of drug-likeness (QED) is 0.196. The molecule has 0 spiro atoms. The molecular formula is C28H22O6S2. The zero-order valence-electron chi connectivity index (χ0n) is 19.0. The van der Waals surface area contributed by atoms with E-state index in [-0.39, 0.29) is 9.79 Å². The monoisotopic (exact) mass is 518 g/mol. The van der Waals surface area contributed by atoms with Crippen LogP contribution in [-0.2, 0) is 28.6 Å². The van der Waals surface area contributed by atoms with E-state index in [1.807, 2.05) is 60.7 Å². The zero-order chi connectivity index (χ0) is 25.4. The molecule has 0 atom stereocenters. The highest BCUT2D eigenvalue weighted by atomic mass is 32.2. The lowest BCUT2D eigenvalue weighted by molar-refractivity contribution is 0.444. The van der Waals surface area contributed by atoms with Crippen molar-refractivity contribution < 1.29 is 25.2 Å². The van der Waals surface area contributed by atoms with Crippen LogP contribution >= 0.6 is 0 Å². The topological polar surface area (TPSA) is 86.7 Å².